The van der Waals surface area contributed by atoms with Crippen molar-refractivity contribution < 1.29 is 14.6 Å². The Hall–Kier alpha value is -1.92. The number of ether oxygens (including phenoxy) is 1. The Kier molecular flexibility index (Phi) is 5.16. The highest BCUT2D eigenvalue weighted by Gasteiger charge is 2.27. The molecule has 1 aliphatic rings. The molecule has 3 rings (SSSR count). The lowest BCUT2D eigenvalue weighted by Gasteiger charge is -2.32. The van der Waals surface area contributed by atoms with E-state index < -0.39 is 0 Å². The van der Waals surface area contributed by atoms with Gasteiger partial charge in [0.15, 0.2) is 0 Å². The Morgan fingerprint density at radius 2 is 2.08 bits per heavy atom. The number of piperidine rings is 1. The topological polar surface area (TPSA) is 62.7 Å². The summed E-state index contributed by atoms with van der Waals surface area (Å²) < 4.78 is 5.37. The summed E-state index contributed by atoms with van der Waals surface area (Å²) in [5.41, 5.74) is 1.38. The summed E-state index contributed by atoms with van der Waals surface area (Å²) in [6.45, 7) is 3.17. The van der Waals surface area contributed by atoms with Crippen LogP contribution in [0.15, 0.2) is 29.6 Å². The van der Waals surface area contributed by atoms with Crippen LogP contribution < -0.4 is 4.74 Å². The van der Waals surface area contributed by atoms with Gasteiger partial charge in [0.05, 0.1) is 18.8 Å². The summed E-state index contributed by atoms with van der Waals surface area (Å²) in [5, 5.41) is 12.3. The SMILES string of the molecule is COc1ccccc1-c1nc(C(=O)N2CCC(C(C)O)CC2)cs1. The number of aliphatic hydroxyl groups excluding tert-OH is 1. The molecule has 2 aromatic rings. The molecule has 0 spiro atoms. The van der Waals surface area contributed by atoms with Crippen molar-refractivity contribution in [1.29, 1.82) is 0 Å². The van der Waals surface area contributed by atoms with Gasteiger partial charge >= 0.3 is 0 Å². The minimum Gasteiger partial charge on any atom is -0.496 e. The molecule has 1 aromatic heterocycles. The standard InChI is InChI=1S/C18H22N2O3S/c1-12(21)13-7-9-20(10-8-13)18(22)15-11-24-17(19-15)14-5-3-4-6-16(14)23-2/h3-6,11-13,21H,7-10H2,1-2H3. The lowest BCUT2D eigenvalue weighted by molar-refractivity contribution is 0.0518. The fourth-order valence-corrected chi connectivity index (χ4v) is 3.89. The molecule has 128 valence electrons. The summed E-state index contributed by atoms with van der Waals surface area (Å²) in [6.07, 6.45) is 1.37. The fraction of sp³-hybridized carbons (Fsp3) is 0.444. The second-order valence-corrected chi connectivity index (χ2v) is 6.97. The van der Waals surface area contributed by atoms with E-state index in [1.807, 2.05) is 41.5 Å². The third-order valence-corrected chi connectivity index (χ3v) is 5.45. The minimum absolute atomic E-state index is 0.0311. The highest BCUT2D eigenvalue weighted by Crippen LogP contribution is 2.32. The zero-order valence-electron chi connectivity index (χ0n) is 13.9. The molecule has 0 bridgehead atoms. The number of thiazole rings is 1. The highest BCUT2D eigenvalue weighted by molar-refractivity contribution is 7.13. The Bertz CT molecular complexity index is 706. The van der Waals surface area contributed by atoms with Crippen molar-refractivity contribution in [1.82, 2.24) is 9.88 Å². The monoisotopic (exact) mass is 346 g/mol. The van der Waals surface area contributed by atoms with Crippen molar-refractivity contribution in [2.75, 3.05) is 20.2 Å². The van der Waals surface area contributed by atoms with Crippen LogP contribution in [0.2, 0.25) is 0 Å². The lowest BCUT2D eigenvalue weighted by Crippen LogP contribution is -2.40. The molecule has 5 nitrogen and oxygen atoms in total. The molecule has 1 aromatic carbocycles. The first-order valence-corrected chi connectivity index (χ1v) is 9.04. The normalized spacial score (nSPS) is 16.9. The molecule has 1 unspecified atom stereocenters. The van der Waals surface area contributed by atoms with Crippen molar-refractivity contribution in [3.05, 3.63) is 35.3 Å². The molecular weight excluding hydrogens is 324 g/mol. The van der Waals surface area contributed by atoms with E-state index in [1.165, 1.54) is 11.3 Å². The van der Waals surface area contributed by atoms with E-state index in [2.05, 4.69) is 4.98 Å². The molecule has 2 heterocycles. The maximum absolute atomic E-state index is 12.7. The number of hydrogen-bond acceptors (Lipinski definition) is 5. The number of aromatic nitrogens is 1. The van der Waals surface area contributed by atoms with E-state index in [9.17, 15) is 9.90 Å². The number of hydrogen-bond donors (Lipinski definition) is 1. The van der Waals surface area contributed by atoms with Gasteiger partial charge in [-0.05, 0) is 37.8 Å². The predicted molar refractivity (Wildman–Crippen MR) is 94.4 cm³/mol. The van der Waals surface area contributed by atoms with E-state index in [1.54, 1.807) is 7.11 Å². The molecule has 1 saturated heterocycles. The molecule has 1 aliphatic heterocycles. The Balaban J connectivity index is 1.73. The summed E-state index contributed by atoms with van der Waals surface area (Å²) >= 11 is 1.45. The molecule has 0 radical (unpaired) electrons. The van der Waals surface area contributed by atoms with E-state index in [0.717, 1.165) is 29.2 Å². The van der Waals surface area contributed by atoms with Gasteiger partial charge in [0, 0.05) is 18.5 Å². The fourth-order valence-electron chi connectivity index (χ4n) is 3.06. The van der Waals surface area contributed by atoms with Gasteiger partial charge in [-0.15, -0.1) is 11.3 Å². The van der Waals surface area contributed by atoms with Gasteiger partial charge < -0.3 is 14.7 Å². The second-order valence-electron chi connectivity index (χ2n) is 6.11. The van der Waals surface area contributed by atoms with Crippen LogP contribution in [-0.2, 0) is 0 Å². The quantitative estimate of drug-likeness (QED) is 0.924. The molecule has 0 saturated carbocycles. The molecular formula is C18H22N2O3S. The van der Waals surface area contributed by atoms with Gasteiger partial charge in [-0.2, -0.15) is 0 Å². The third-order valence-electron chi connectivity index (χ3n) is 4.57. The van der Waals surface area contributed by atoms with Gasteiger partial charge in [-0.3, -0.25) is 4.79 Å². The third kappa shape index (κ3) is 3.44. The Morgan fingerprint density at radius 1 is 1.38 bits per heavy atom. The molecule has 1 atom stereocenters. The number of benzene rings is 1. The van der Waals surface area contributed by atoms with E-state index in [0.29, 0.717) is 18.8 Å². The maximum Gasteiger partial charge on any atom is 0.273 e. The lowest BCUT2D eigenvalue weighted by atomic mass is 9.92. The first-order chi connectivity index (χ1) is 11.6. The number of nitrogens with zero attached hydrogens (tertiary/aromatic N) is 2. The average Bonchev–Trinajstić information content (AvgIpc) is 3.11. The number of para-hydroxylation sites is 1. The number of amides is 1. The van der Waals surface area contributed by atoms with Crippen LogP contribution in [0.4, 0.5) is 0 Å². The zero-order valence-corrected chi connectivity index (χ0v) is 14.8. The number of methoxy groups -OCH3 is 1. The summed E-state index contributed by atoms with van der Waals surface area (Å²) in [6, 6.07) is 7.68. The molecule has 0 aliphatic carbocycles. The van der Waals surface area contributed by atoms with E-state index in [-0.39, 0.29) is 17.9 Å². The van der Waals surface area contributed by atoms with Crippen LogP contribution in [0.25, 0.3) is 10.6 Å². The predicted octanol–water partition coefficient (Wildman–Crippen LogP) is 3.05. The molecule has 24 heavy (non-hydrogen) atoms. The largest absolute Gasteiger partial charge is 0.496 e. The van der Waals surface area contributed by atoms with Gasteiger partial charge in [0.1, 0.15) is 16.5 Å². The van der Waals surface area contributed by atoms with Gasteiger partial charge in [-0.1, -0.05) is 12.1 Å². The average molecular weight is 346 g/mol. The van der Waals surface area contributed by atoms with Gasteiger partial charge in [0.25, 0.3) is 5.91 Å². The number of rotatable bonds is 4. The van der Waals surface area contributed by atoms with Crippen LogP contribution in [0, 0.1) is 5.92 Å². The highest BCUT2D eigenvalue weighted by atomic mass is 32.1. The molecule has 6 heteroatoms. The van der Waals surface area contributed by atoms with Crippen LogP contribution >= 0.6 is 11.3 Å². The Labute approximate surface area is 145 Å². The zero-order chi connectivity index (χ0) is 17.1. The van der Waals surface area contributed by atoms with E-state index >= 15 is 0 Å². The van der Waals surface area contributed by atoms with Gasteiger partial charge in [-0.25, -0.2) is 4.98 Å². The van der Waals surface area contributed by atoms with Crippen molar-refractivity contribution in [3.63, 3.8) is 0 Å². The Morgan fingerprint density at radius 3 is 2.75 bits per heavy atom. The minimum atomic E-state index is -0.307. The maximum atomic E-state index is 12.7. The second kappa shape index (κ2) is 7.32. The van der Waals surface area contributed by atoms with Crippen LogP contribution in [0.5, 0.6) is 5.75 Å². The van der Waals surface area contributed by atoms with Crippen molar-refractivity contribution in [3.8, 4) is 16.3 Å². The summed E-state index contributed by atoms with van der Waals surface area (Å²) in [5.74, 6) is 1.01. The molecule has 1 fully saturated rings. The summed E-state index contributed by atoms with van der Waals surface area (Å²) in [7, 11) is 1.63. The number of aliphatic hydroxyl groups is 1. The van der Waals surface area contributed by atoms with Crippen LogP contribution in [0.3, 0.4) is 0 Å². The van der Waals surface area contributed by atoms with Crippen molar-refractivity contribution in [2.24, 2.45) is 5.92 Å². The van der Waals surface area contributed by atoms with Crippen LogP contribution in [-0.4, -0.2) is 47.2 Å². The molecule has 1 N–H and O–H groups in total. The molecule has 1 amide bonds. The van der Waals surface area contributed by atoms with Gasteiger partial charge in [0.2, 0.25) is 0 Å². The first kappa shape index (κ1) is 16.9. The van der Waals surface area contributed by atoms with Crippen molar-refractivity contribution >= 4 is 17.2 Å². The van der Waals surface area contributed by atoms with E-state index in [4.69, 9.17) is 4.74 Å². The van der Waals surface area contributed by atoms with Crippen LogP contribution in [0.1, 0.15) is 30.3 Å². The first-order valence-electron chi connectivity index (χ1n) is 8.16. The van der Waals surface area contributed by atoms with Crippen molar-refractivity contribution in [2.45, 2.75) is 25.9 Å². The number of carbonyl (C=O) groups excluding carboxylic acids is 1. The number of carbonyl (C=O) groups is 1. The number of likely N-dealkylation sites (tertiary alicyclic amines) is 1. The summed E-state index contributed by atoms with van der Waals surface area (Å²) in [4.78, 5) is 19.0. The smallest absolute Gasteiger partial charge is 0.273 e.